The van der Waals surface area contributed by atoms with Gasteiger partial charge in [0.15, 0.2) is 5.82 Å². The van der Waals surface area contributed by atoms with Crippen LogP contribution in [0.3, 0.4) is 0 Å². The van der Waals surface area contributed by atoms with Crippen LogP contribution in [0.1, 0.15) is 12.6 Å². The van der Waals surface area contributed by atoms with Crippen LogP contribution in [0.4, 0.5) is 0 Å². The summed E-state index contributed by atoms with van der Waals surface area (Å²) in [5, 5.41) is 4.92. The molecule has 0 bridgehead atoms. The second-order valence-electron chi connectivity index (χ2n) is 11.0. The van der Waals surface area contributed by atoms with Gasteiger partial charge < -0.3 is 0 Å². The first-order valence-corrected chi connectivity index (χ1v) is 15.9. The highest BCUT2D eigenvalue weighted by Gasteiger charge is 2.21. The van der Waals surface area contributed by atoms with Gasteiger partial charge in [-0.05, 0) is 35.8 Å². The van der Waals surface area contributed by atoms with Crippen molar-refractivity contribution in [2.24, 2.45) is 0 Å². The van der Waals surface area contributed by atoms with E-state index in [0.29, 0.717) is 5.82 Å². The molecular weight excluding hydrogens is 567 g/mol. The van der Waals surface area contributed by atoms with Gasteiger partial charge in [-0.25, -0.2) is 9.97 Å². The molecule has 0 radical (unpaired) electrons. The molecule has 0 fully saturated rings. The van der Waals surface area contributed by atoms with E-state index in [1.807, 2.05) is 42.5 Å². The van der Waals surface area contributed by atoms with Gasteiger partial charge in [-0.2, -0.15) is 0 Å². The van der Waals surface area contributed by atoms with E-state index in [4.69, 9.17) is 9.97 Å². The van der Waals surface area contributed by atoms with Gasteiger partial charge in [0.25, 0.3) is 0 Å². The Labute approximate surface area is 265 Å². The Morgan fingerprint density at radius 3 is 2.24 bits per heavy atom. The lowest BCUT2D eigenvalue weighted by molar-refractivity contribution is 1.04. The molecule has 0 spiro atoms. The van der Waals surface area contributed by atoms with Crippen LogP contribution < -0.4 is 0 Å². The molecule has 4 heteroatoms. The summed E-state index contributed by atoms with van der Waals surface area (Å²) in [5.74, 6) is 1.52. The summed E-state index contributed by atoms with van der Waals surface area (Å²) in [6.45, 7) is 5.92. The maximum atomic E-state index is 5.26. The van der Waals surface area contributed by atoms with E-state index in [1.165, 1.54) is 42.1 Å². The summed E-state index contributed by atoms with van der Waals surface area (Å²) in [6, 6.07) is 42.9. The molecule has 0 unspecified atom stereocenters. The number of hydrogen-bond donors (Lipinski definition) is 0. The van der Waals surface area contributed by atoms with Crippen molar-refractivity contribution in [2.45, 2.75) is 6.92 Å². The largest absolute Gasteiger partial charge is 0.293 e. The molecular formula is C41H29N3S. The first kappa shape index (κ1) is 27.0. The SMILES string of the molecule is C=C/C=C\C(=C/C)c1cc(-n2c3ccccc3c3ccc4sc5c(-c6ccccc6)cccc5c4c32)nc(-c2ccccc2)n1. The molecule has 3 heterocycles. The van der Waals surface area contributed by atoms with Gasteiger partial charge in [-0.3, -0.25) is 4.57 Å². The molecule has 0 atom stereocenters. The number of rotatable bonds is 6. The summed E-state index contributed by atoms with van der Waals surface area (Å²) in [7, 11) is 0. The standard InChI is InChI=1S/C41H29N3S/c1-3-5-15-27(4-2)34-26-37(43-41(42-34)29-18-10-7-11-19-29)44-35-23-13-12-20-31(35)32-24-25-36-38(39(32)44)33-22-14-21-30(40(33)45-36)28-16-8-6-9-17-28/h3-26H,1H2,2H3/b15-5-,27-4+. The third-order valence-electron chi connectivity index (χ3n) is 8.37. The molecule has 3 nitrogen and oxygen atoms in total. The minimum absolute atomic E-state index is 0.689. The molecule has 0 aliphatic rings. The maximum absolute atomic E-state index is 5.26. The molecule has 5 aromatic carbocycles. The van der Waals surface area contributed by atoms with Crippen molar-refractivity contribution in [3.8, 4) is 28.3 Å². The summed E-state index contributed by atoms with van der Waals surface area (Å²) in [4.78, 5) is 10.3. The van der Waals surface area contributed by atoms with Gasteiger partial charge in [-0.1, -0.05) is 134 Å². The Kier molecular flexibility index (Phi) is 6.70. The molecule has 0 saturated heterocycles. The van der Waals surface area contributed by atoms with Crippen molar-refractivity contribution in [1.82, 2.24) is 14.5 Å². The van der Waals surface area contributed by atoms with Crippen molar-refractivity contribution >= 4 is 58.9 Å². The van der Waals surface area contributed by atoms with Crippen molar-refractivity contribution in [2.75, 3.05) is 0 Å². The lowest BCUT2D eigenvalue weighted by atomic mass is 10.0. The van der Waals surface area contributed by atoms with Gasteiger partial charge in [-0.15, -0.1) is 11.3 Å². The van der Waals surface area contributed by atoms with Crippen LogP contribution in [0.5, 0.6) is 0 Å². The Balaban J connectivity index is 1.50. The van der Waals surface area contributed by atoms with Crippen molar-refractivity contribution in [3.63, 3.8) is 0 Å². The number of para-hydroxylation sites is 1. The summed E-state index contributed by atoms with van der Waals surface area (Å²) in [5.41, 5.74) is 7.61. The van der Waals surface area contributed by atoms with Gasteiger partial charge >= 0.3 is 0 Å². The van der Waals surface area contributed by atoms with Crippen molar-refractivity contribution in [3.05, 3.63) is 158 Å². The average molecular weight is 596 g/mol. The Bertz CT molecular complexity index is 2440. The predicted molar refractivity (Wildman–Crippen MR) is 193 cm³/mol. The smallest absolute Gasteiger partial charge is 0.162 e. The lowest BCUT2D eigenvalue weighted by Crippen LogP contribution is -2.03. The molecule has 0 saturated carbocycles. The number of nitrogens with zero attached hydrogens (tertiary/aromatic N) is 3. The quantitative estimate of drug-likeness (QED) is 0.179. The molecule has 3 aromatic heterocycles. The monoisotopic (exact) mass is 595 g/mol. The van der Waals surface area contributed by atoms with Gasteiger partial charge in [0.2, 0.25) is 0 Å². The normalized spacial score (nSPS) is 12.2. The van der Waals surface area contributed by atoms with Crippen LogP contribution in [0.15, 0.2) is 152 Å². The Morgan fingerprint density at radius 2 is 1.47 bits per heavy atom. The van der Waals surface area contributed by atoms with Crippen LogP contribution in [0, 0.1) is 0 Å². The molecule has 0 aliphatic heterocycles. The van der Waals surface area contributed by atoms with Gasteiger partial charge in [0.05, 0.1) is 16.7 Å². The van der Waals surface area contributed by atoms with Crippen molar-refractivity contribution < 1.29 is 0 Å². The van der Waals surface area contributed by atoms with Crippen LogP contribution in [0.25, 0.3) is 75.9 Å². The fraction of sp³-hybridized carbons (Fsp3) is 0.0244. The first-order valence-electron chi connectivity index (χ1n) is 15.1. The Hall–Kier alpha value is -5.58. The number of fused-ring (bicyclic) bond motifs is 7. The number of allylic oxidation sites excluding steroid dienone is 5. The lowest BCUT2D eigenvalue weighted by Gasteiger charge is -2.13. The molecule has 0 aliphatic carbocycles. The third kappa shape index (κ3) is 4.50. The molecule has 214 valence electrons. The maximum Gasteiger partial charge on any atom is 0.162 e. The number of aromatic nitrogens is 3. The predicted octanol–water partition coefficient (Wildman–Crippen LogP) is 11.4. The molecule has 0 amide bonds. The fourth-order valence-electron chi connectivity index (χ4n) is 6.34. The minimum atomic E-state index is 0.689. The van der Waals surface area contributed by atoms with E-state index in [1.54, 1.807) is 6.08 Å². The Morgan fingerprint density at radius 1 is 0.733 bits per heavy atom. The highest BCUT2D eigenvalue weighted by Crippen LogP contribution is 2.45. The molecule has 8 aromatic rings. The zero-order valence-corrected chi connectivity index (χ0v) is 25.6. The number of thiophene rings is 1. The third-order valence-corrected chi connectivity index (χ3v) is 9.58. The van der Waals surface area contributed by atoms with Gasteiger partial charge in [0.1, 0.15) is 5.82 Å². The second kappa shape index (κ2) is 11.2. The van der Waals surface area contributed by atoms with E-state index in [9.17, 15) is 0 Å². The molecule has 45 heavy (non-hydrogen) atoms. The van der Waals surface area contributed by atoms with Crippen molar-refractivity contribution in [1.29, 1.82) is 0 Å². The van der Waals surface area contributed by atoms with E-state index in [0.717, 1.165) is 33.7 Å². The minimum Gasteiger partial charge on any atom is -0.293 e. The molecule has 0 N–H and O–H groups in total. The van der Waals surface area contributed by atoms with E-state index >= 15 is 0 Å². The van der Waals surface area contributed by atoms with Crippen LogP contribution in [-0.4, -0.2) is 14.5 Å². The van der Waals surface area contributed by atoms with E-state index in [2.05, 4.69) is 126 Å². The van der Waals surface area contributed by atoms with Crippen LogP contribution in [0.2, 0.25) is 0 Å². The molecule has 8 rings (SSSR count). The topological polar surface area (TPSA) is 30.7 Å². The summed E-state index contributed by atoms with van der Waals surface area (Å²) >= 11 is 1.86. The zero-order chi connectivity index (χ0) is 30.3. The second-order valence-corrected chi connectivity index (χ2v) is 12.0. The zero-order valence-electron chi connectivity index (χ0n) is 24.8. The fourth-order valence-corrected chi connectivity index (χ4v) is 7.58. The van der Waals surface area contributed by atoms with E-state index in [-0.39, 0.29) is 0 Å². The highest BCUT2D eigenvalue weighted by molar-refractivity contribution is 7.26. The number of benzene rings is 5. The van der Waals surface area contributed by atoms with Gasteiger partial charge in [0, 0.05) is 42.6 Å². The summed E-state index contributed by atoms with van der Waals surface area (Å²) in [6.07, 6.45) is 7.88. The van der Waals surface area contributed by atoms with Crippen LogP contribution >= 0.6 is 11.3 Å². The number of hydrogen-bond acceptors (Lipinski definition) is 3. The van der Waals surface area contributed by atoms with Crippen LogP contribution in [-0.2, 0) is 0 Å². The average Bonchev–Trinajstić information content (AvgIpc) is 3.65. The van der Waals surface area contributed by atoms with E-state index < -0.39 is 0 Å². The highest BCUT2D eigenvalue weighted by atomic mass is 32.1. The summed E-state index contributed by atoms with van der Waals surface area (Å²) < 4.78 is 4.89. The first-order chi connectivity index (χ1) is 22.2.